The zero-order valence-electron chi connectivity index (χ0n) is 12.5. The third-order valence-corrected chi connectivity index (χ3v) is 3.18. The predicted molar refractivity (Wildman–Crippen MR) is 80.8 cm³/mol. The highest BCUT2D eigenvalue weighted by Crippen LogP contribution is 2.16. The largest absolute Gasteiger partial charge is 0.326 e. The van der Waals surface area contributed by atoms with E-state index in [1.165, 1.54) is 0 Å². The fourth-order valence-corrected chi connectivity index (χ4v) is 2.30. The van der Waals surface area contributed by atoms with Crippen LogP contribution in [0.25, 0.3) is 0 Å². The Labute approximate surface area is 119 Å². The second kappa shape index (κ2) is 5.90. The van der Waals surface area contributed by atoms with E-state index < -0.39 is 0 Å². The lowest BCUT2D eigenvalue weighted by Crippen LogP contribution is -2.18. The summed E-state index contributed by atoms with van der Waals surface area (Å²) >= 11 is 0. The maximum atomic E-state index is 12.1. The van der Waals surface area contributed by atoms with E-state index in [4.69, 9.17) is 0 Å². The zero-order chi connectivity index (χ0) is 14.7. The summed E-state index contributed by atoms with van der Waals surface area (Å²) in [6.45, 7) is 7.99. The first kappa shape index (κ1) is 14.3. The molecule has 20 heavy (non-hydrogen) atoms. The van der Waals surface area contributed by atoms with Crippen molar-refractivity contribution in [2.24, 2.45) is 0 Å². The molecule has 106 valence electrons. The van der Waals surface area contributed by atoms with Crippen LogP contribution in [0.3, 0.4) is 0 Å². The molecule has 0 aliphatic carbocycles. The van der Waals surface area contributed by atoms with E-state index in [1.54, 1.807) is 0 Å². The number of nitrogens with zero attached hydrogens (tertiary/aromatic N) is 2. The average molecular weight is 271 g/mol. The number of carbonyl (C=O) groups excluding carboxylic acids is 1. The molecule has 0 saturated heterocycles. The Morgan fingerprint density at radius 1 is 1.25 bits per heavy atom. The molecule has 0 radical (unpaired) electrons. The summed E-state index contributed by atoms with van der Waals surface area (Å²) < 4.78 is 1.83. The quantitative estimate of drug-likeness (QED) is 0.926. The van der Waals surface area contributed by atoms with Gasteiger partial charge in [-0.3, -0.25) is 9.48 Å². The standard InChI is InChI=1S/C16H21N3O/c1-11-7-12(2)9-15(8-11)17-16(20)10-14(4)19-6-5-13(3)18-19/h5-9,14H,10H2,1-4H3,(H,17,20). The van der Waals surface area contributed by atoms with Gasteiger partial charge in [-0.05, 0) is 57.0 Å². The topological polar surface area (TPSA) is 46.9 Å². The normalized spacial score (nSPS) is 12.2. The van der Waals surface area contributed by atoms with Crippen molar-refractivity contribution in [2.75, 3.05) is 5.32 Å². The second-order valence-electron chi connectivity index (χ2n) is 5.41. The molecule has 4 nitrogen and oxygen atoms in total. The fraction of sp³-hybridized carbons (Fsp3) is 0.375. The minimum absolute atomic E-state index is 0.00986. The number of carbonyl (C=O) groups is 1. The average Bonchev–Trinajstić information content (AvgIpc) is 2.74. The maximum Gasteiger partial charge on any atom is 0.226 e. The van der Waals surface area contributed by atoms with Gasteiger partial charge >= 0.3 is 0 Å². The van der Waals surface area contributed by atoms with Gasteiger partial charge in [0.25, 0.3) is 0 Å². The fourth-order valence-electron chi connectivity index (χ4n) is 2.30. The smallest absolute Gasteiger partial charge is 0.226 e. The number of aryl methyl sites for hydroxylation is 3. The lowest BCUT2D eigenvalue weighted by molar-refractivity contribution is -0.116. The van der Waals surface area contributed by atoms with Gasteiger partial charge in [0.1, 0.15) is 0 Å². The maximum absolute atomic E-state index is 12.1. The summed E-state index contributed by atoms with van der Waals surface area (Å²) in [4.78, 5) is 12.1. The predicted octanol–water partition coefficient (Wildman–Crippen LogP) is 3.40. The van der Waals surface area contributed by atoms with Crippen LogP contribution in [0.1, 0.15) is 36.2 Å². The van der Waals surface area contributed by atoms with Crippen LogP contribution < -0.4 is 5.32 Å². The van der Waals surface area contributed by atoms with Crippen molar-refractivity contribution in [3.05, 3.63) is 47.3 Å². The zero-order valence-corrected chi connectivity index (χ0v) is 12.5. The summed E-state index contributed by atoms with van der Waals surface area (Å²) in [6.07, 6.45) is 2.32. The van der Waals surface area contributed by atoms with Crippen molar-refractivity contribution < 1.29 is 4.79 Å². The number of amides is 1. The van der Waals surface area contributed by atoms with Crippen molar-refractivity contribution >= 4 is 11.6 Å². The molecule has 4 heteroatoms. The Morgan fingerprint density at radius 3 is 2.45 bits per heavy atom. The van der Waals surface area contributed by atoms with E-state index >= 15 is 0 Å². The molecule has 1 aromatic heterocycles. The van der Waals surface area contributed by atoms with E-state index in [0.29, 0.717) is 6.42 Å². The number of benzene rings is 1. The van der Waals surface area contributed by atoms with Gasteiger partial charge in [0.15, 0.2) is 0 Å². The molecule has 0 aliphatic rings. The number of aromatic nitrogens is 2. The molecule has 1 aromatic carbocycles. The summed E-state index contributed by atoms with van der Waals surface area (Å²) in [5.41, 5.74) is 4.12. The van der Waals surface area contributed by atoms with Crippen molar-refractivity contribution in [3.8, 4) is 0 Å². The molecule has 1 amide bonds. The van der Waals surface area contributed by atoms with Gasteiger partial charge in [-0.25, -0.2) is 0 Å². The highest BCUT2D eigenvalue weighted by atomic mass is 16.1. The lowest BCUT2D eigenvalue weighted by Gasteiger charge is -2.13. The molecule has 1 unspecified atom stereocenters. The molecule has 0 bridgehead atoms. The molecule has 1 N–H and O–H groups in total. The Bertz CT molecular complexity index is 596. The van der Waals surface area contributed by atoms with Crippen LogP contribution in [-0.4, -0.2) is 15.7 Å². The van der Waals surface area contributed by atoms with Crippen molar-refractivity contribution in [2.45, 2.75) is 40.2 Å². The minimum atomic E-state index is 0.00986. The first-order valence-electron chi connectivity index (χ1n) is 6.84. The van der Waals surface area contributed by atoms with Crippen LogP contribution in [0.5, 0.6) is 0 Å². The number of anilines is 1. The first-order chi connectivity index (χ1) is 9.44. The summed E-state index contributed by atoms with van der Waals surface area (Å²) in [5.74, 6) is 0.00986. The SMILES string of the molecule is Cc1cc(C)cc(NC(=O)CC(C)n2ccc(C)n2)c1. The molecule has 0 spiro atoms. The van der Waals surface area contributed by atoms with Crippen LogP contribution in [-0.2, 0) is 4.79 Å². The van der Waals surface area contributed by atoms with Crippen molar-refractivity contribution in [1.82, 2.24) is 9.78 Å². The number of rotatable bonds is 4. The van der Waals surface area contributed by atoms with Crippen LogP contribution >= 0.6 is 0 Å². The molecule has 0 fully saturated rings. The van der Waals surface area contributed by atoms with E-state index in [0.717, 1.165) is 22.5 Å². The van der Waals surface area contributed by atoms with Gasteiger partial charge in [-0.1, -0.05) is 6.07 Å². The van der Waals surface area contributed by atoms with E-state index in [2.05, 4.69) is 16.5 Å². The minimum Gasteiger partial charge on any atom is -0.326 e. The molecule has 2 aromatic rings. The highest BCUT2D eigenvalue weighted by molar-refractivity contribution is 5.91. The van der Waals surface area contributed by atoms with E-state index in [1.807, 2.05) is 56.8 Å². The number of nitrogens with one attached hydrogen (secondary N) is 1. The van der Waals surface area contributed by atoms with Crippen molar-refractivity contribution in [3.63, 3.8) is 0 Å². The molecule has 0 aliphatic heterocycles. The molecular formula is C16H21N3O. The Hall–Kier alpha value is -2.10. The third kappa shape index (κ3) is 3.70. The Balaban J connectivity index is 1.98. The Morgan fingerprint density at radius 2 is 1.90 bits per heavy atom. The second-order valence-corrected chi connectivity index (χ2v) is 5.41. The lowest BCUT2D eigenvalue weighted by atomic mass is 10.1. The van der Waals surface area contributed by atoms with Crippen LogP contribution in [0.2, 0.25) is 0 Å². The van der Waals surface area contributed by atoms with Crippen LogP contribution in [0.4, 0.5) is 5.69 Å². The summed E-state index contributed by atoms with van der Waals surface area (Å²) in [7, 11) is 0. The highest BCUT2D eigenvalue weighted by Gasteiger charge is 2.12. The molecular weight excluding hydrogens is 250 g/mol. The number of hydrogen-bond acceptors (Lipinski definition) is 2. The molecule has 1 heterocycles. The third-order valence-electron chi connectivity index (χ3n) is 3.18. The summed E-state index contributed by atoms with van der Waals surface area (Å²) in [6, 6.07) is 8.04. The van der Waals surface area contributed by atoms with Gasteiger partial charge < -0.3 is 5.32 Å². The van der Waals surface area contributed by atoms with Gasteiger partial charge in [0.05, 0.1) is 11.7 Å². The van der Waals surface area contributed by atoms with Gasteiger partial charge in [0.2, 0.25) is 5.91 Å². The van der Waals surface area contributed by atoms with E-state index in [9.17, 15) is 4.79 Å². The molecule has 0 saturated carbocycles. The van der Waals surface area contributed by atoms with Gasteiger partial charge in [-0.2, -0.15) is 5.10 Å². The molecule has 2 rings (SSSR count). The first-order valence-corrected chi connectivity index (χ1v) is 6.84. The van der Waals surface area contributed by atoms with Crippen molar-refractivity contribution in [1.29, 1.82) is 0 Å². The van der Waals surface area contributed by atoms with Gasteiger partial charge in [-0.15, -0.1) is 0 Å². The molecule has 1 atom stereocenters. The van der Waals surface area contributed by atoms with E-state index in [-0.39, 0.29) is 11.9 Å². The van der Waals surface area contributed by atoms with Crippen LogP contribution in [0.15, 0.2) is 30.5 Å². The van der Waals surface area contributed by atoms with Crippen LogP contribution in [0, 0.1) is 20.8 Å². The number of hydrogen-bond donors (Lipinski definition) is 1. The van der Waals surface area contributed by atoms with Gasteiger partial charge in [0, 0.05) is 18.3 Å². The monoisotopic (exact) mass is 271 g/mol. The Kier molecular flexibility index (Phi) is 4.23. The summed E-state index contributed by atoms with van der Waals surface area (Å²) in [5, 5.41) is 7.29.